The normalized spacial score (nSPS) is 22.6. The van der Waals surface area contributed by atoms with E-state index in [2.05, 4.69) is 9.64 Å². The van der Waals surface area contributed by atoms with Crippen LogP contribution in [0.3, 0.4) is 0 Å². The Bertz CT molecular complexity index is 455. The molecular formula is C13H17F3N2OS. The fourth-order valence-electron chi connectivity index (χ4n) is 2.22. The maximum Gasteiger partial charge on any atom is 0.573 e. The average molecular weight is 306 g/mol. The van der Waals surface area contributed by atoms with Gasteiger partial charge in [-0.25, -0.2) is 0 Å². The molecule has 3 nitrogen and oxygen atoms in total. The lowest BCUT2D eigenvalue weighted by Crippen LogP contribution is -2.46. The van der Waals surface area contributed by atoms with Crippen LogP contribution in [0, 0.1) is 0 Å². The van der Waals surface area contributed by atoms with Crippen molar-refractivity contribution in [2.45, 2.75) is 18.4 Å². The number of hydrogen-bond donors (Lipinski definition) is 1. The van der Waals surface area contributed by atoms with Crippen LogP contribution in [0.1, 0.15) is 11.6 Å². The first-order valence-electron chi connectivity index (χ1n) is 6.26. The Labute approximate surface area is 120 Å². The van der Waals surface area contributed by atoms with Gasteiger partial charge < -0.3 is 10.5 Å². The summed E-state index contributed by atoms with van der Waals surface area (Å²) in [5, 5.41) is 0. The van der Waals surface area contributed by atoms with Gasteiger partial charge in [-0.3, -0.25) is 4.90 Å². The number of thioether (sulfide) groups is 1. The van der Waals surface area contributed by atoms with Crippen molar-refractivity contribution in [2.75, 3.05) is 25.1 Å². The highest BCUT2D eigenvalue weighted by Gasteiger charge is 2.32. The molecule has 1 aliphatic heterocycles. The zero-order chi connectivity index (χ0) is 14.8. The summed E-state index contributed by atoms with van der Waals surface area (Å²) < 4.78 is 40.6. The molecule has 0 aliphatic carbocycles. The van der Waals surface area contributed by atoms with Crippen molar-refractivity contribution in [1.82, 2.24) is 4.90 Å². The van der Waals surface area contributed by atoms with E-state index in [4.69, 9.17) is 5.73 Å². The molecule has 2 rings (SSSR count). The van der Waals surface area contributed by atoms with Crippen molar-refractivity contribution < 1.29 is 17.9 Å². The zero-order valence-corrected chi connectivity index (χ0v) is 11.9. The first-order valence-corrected chi connectivity index (χ1v) is 7.41. The van der Waals surface area contributed by atoms with Gasteiger partial charge in [0, 0.05) is 30.1 Å². The van der Waals surface area contributed by atoms with Crippen LogP contribution in [0.5, 0.6) is 5.75 Å². The van der Waals surface area contributed by atoms with Crippen LogP contribution in [0.15, 0.2) is 24.3 Å². The lowest BCUT2D eigenvalue weighted by Gasteiger charge is -2.36. The molecule has 0 amide bonds. The fourth-order valence-corrected chi connectivity index (χ4v) is 3.51. The SMILES string of the molecule is CN1CCSCC1C(N)c1cccc(OC(F)(F)F)c1. The Hall–Kier alpha value is -0.920. The summed E-state index contributed by atoms with van der Waals surface area (Å²) in [6.45, 7) is 0.932. The highest BCUT2D eigenvalue weighted by atomic mass is 32.2. The van der Waals surface area contributed by atoms with E-state index in [-0.39, 0.29) is 17.8 Å². The van der Waals surface area contributed by atoms with Gasteiger partial charge >= 0.3 is 6.36 Å². The number of alkyl halides is 3. The number of ether oxygens (including phenoxy) is 1. The molecule has 1 saturated heterocycles. The van der Waals surface area contributed by atoms with E-state index >= 15 is 0 Å². The van der Waals surface area contributed by atoms with Gasteiger partial charge in [0.25, 0.3) is 0 Å². The van der Waals surface area contributed by atoms with Crippen molar-refractivity contribution in [1.29, 1.82) is 0 Å². The molecule has 1 aromatic rings. The Morgan fingerprint density at radius 1 is 1.45 bits per heavy atom. The highest BCUT2D eigenvalue weighted by Crippen LogP contribution is 2.29. The first kappa shape index (κ1) is 15.5. The molecule has 2 unspecified atom stereocenters. The lowest BCUT2D eigenvalue weighted by molar-refractivity contribution is -0.274. The third-order valence-corrected chi connectivity index (χ3v) is 4.38. The van der Waals surface area contributed by atoms with Gasteiger partial charge in [0.05, 0.1) is 0 Å². The highest BCUT2D eigenvalue weighted by molar-refractivity contribution is 7.99. The second-order valence-electron chi connectivity index (χ2n) is 4.77. The number of halogens is 3. The van der Waals surface area contributed by atoms with E-state index in [0.29, 0.717) is 5.56 Å². The summed E-state index contributed by atoms with van der Waals surface area (Å²) in [5.41, 5.74) is 6.86. The maximum atomic E-state index is 12.2. The van der Waals surface area contributed by atoms with Crippen molar-refractivity contribution in [3.63, 3.8) is 0 Å². The summed E-state index contributed by atoms with van der Waals surface area (Å²) in [5.74, 6) is 1.70. The third-order valence-electron chi connectivity index (χ3n) is 3.33. The Morgan fingerprint density at radius 2 is 2.20 bits per heavy atom. The Balaban J connectivity index is 2.13. The molecule has 2 N–H and O–H groups in total. The summed E-state index contributed by atoms with van der Waals surface area (Å²) in [6.07, 6.45) is -4.68. The predicted molar refractivity (Wildman–Crippen MR) is 73.8 cm³/mol. The van der Waals surface area contributed by atoms with Gasteiger partial charge in [-0.1, -0.05) is 12.1 Å². The number of rotatable bonds is 3. The number of nitrogens with zero attached hydrogens (tertiary/aromatic N) is 1. The van der Waals surface area contributed by atoms with Crippen molar-refractivity contribution >= 4 is 11.8 Å². The van der Waals surface area contributed by atoms with E-state index in [1.54, 1.807) is 6.07 Å². The van der Waals surface area contributed by atoms with Crippen molar-refractivity contribution in [3.05, 3.63) is 29.8 Å². The Morgan fingerprint density at radius 3 is 2.85 bits per heavy atom. The third kappa shape index (κ3) is 4.04. The van der Waals surface area contributed by atoms with E-state index in [0.717, 1.165) is 18.1 Å². The molecule has 0 saturated carbocycles. The molecule has 20 heavy (non-hydrogen) atoms. The lowest BCUT2D eigenvalue weighted by atomic mass is 10.00. The van der Waals surface area contributed by atoms with Gasteiger partial charge in [0.1, 0.15) is 5.75 Å². The van der Waals surface area contributed by atoms with E-state index < -0.39 is 6.36 Å². The molecule has 0 spiro atoms. The van der Waals surface area contributed by atoms with E-state index in [9.17, 15) is 13.2 Å². The second kappa shape index (κ2) is 6.24. The van der Waals surface area contributed by atoms with Crippen LogP contribution in [0.25, 0.3) is 0 Å². The topological polar surface area (TPSA) is 38.5 Å². The quantitative estimate of drug-likeness (QED) is 0.932. The number of hydrogen-bond acceptors (Lipinski definition) is 4. The molecule has 0 aromatic heterocycles. The van der Waals surface area contributed by atoms with Crippen LogP contribution in [-0.4, -0.2) is 42.4 Å². The smallest absolute Gasteiger partial charge is 0.406 e. The van der Waals surface area contributed by atoms with Crippen LogP contribution >= 0.6 is 11.8 Å². The van der Waals surface area contributed by atoms with Crippen LogP contribution in [0.4, 0.5) is 13.2 Å². The summed E-state index contributed by atoms with van der Waals surface area (Å²) in [7, 11) is 1.99. The van der Waals surface area contributed by atoms with E-state index in [1.807, 2.05) is 18.8 Å². The van der Waals surface area contributed by atoms with Gasteiger partial charge in [0.2, 0.25) is 0 Å². The number of benzene rings is 1. The molecule has 2 atom stereocenters. The minimum absolute atomic E-state index is 0.120. The summed E-state index contributed by atoms with van der Waals surface area (Å²) >= 11 is 1.81. The predicted octanol–water partition coefficient (Wildman–Crippen LogP) is 2.63. The number of likely N-dealkylation sites (N-methyl/N-ethyl adjacent to an activating group) is 1. The standard InChI is InChI=1S/C13H17F3N2OS/c1-18-5-6-20-8-11(18)12(17)9-3-2-4-10(7-9)19-13(14,15)16/h2-4,7,11-12H,5-6,8,17H2,1H3. The van der Waals surface area contributed by atoms with Crippen molar-refractivity contribution in [2.24, 2.45) is 5.73 Å². The largest absolute Gasteiger partial charge is 0.573 e. The number of nitrogens with two attached hydrogens (primary N) is 1. The molecule has 1 aliphatic rings. The first-order chi connectivity index (χ1) is 9.37. The fraction of sp³-hybridized carbons (Fsp3) is 0.538. The monoisotopic (exact) mass is 306 g/mol. The molecule has 7 heteroatoms. The van der Waals surface area contributed by atoms with Crippen molar-refractivity contribution in [3.8, 4) is 5.75 Å². The molecule has 1 fully saturated rings. The maximum absolute atomic E-state index is 12.2. The zero-order valence-electron chi connectivity index (χ0n) is 11.1. The van der Waals surface area contributed by atoms with Crippen LogP contribution in [-0.2, 0) is 0 Å². The molecule has 1 aromatic carbocycles. The summed E-state index contributed by atoms with van der Waals surface area (Å²) in [6, 6.07) is 5.71. The minimum atomic E-state index is -4.68. The molecule has 112 valence electrons. The van der Waals surface area contributed by atoms with Gasteiger partial charge in [-0.15, -0.1) is 13.2 Å². The van der Waals surface area contributed by atoms with Crippen LogP contribution in [0.2, 0.25) is 0 Å². The van der Waals surface area contributed by atoms with Gasteiger partial charge in [-0.05, 0) is 24.7 Å². The summed E-state index contributed by atoms with van der Waals surface area (Å²) in [4.78, 5) is 2.15. The van der Waals surface area contributed by atoms with E-state index in [1.165, 1.54) is 18.2 Å². The van der Waals surface area contributed by atoms with Crippen LogP contribution < -0.4 is 10.5 Å². The molecule has 0 bridgehead atoms. The minimum Gasteiger partial charge on any atom is -0.406 e. The molecule has 1 heterocycles. The second-order valence-corrected chi connectivity index (χ2v) is 5.92. The molecular weight excluding hydrogens is 289 g/mol. The average Bonchev–Trinajstić information content (AvgIpc) is 2.37. The van der Waals surface area contributed by atoms with Gasteiger partial charge in [-0.2, -0.15) is 11.8 Å². The van der Waals surface area contributed by atoms with Gasteiger partial charge in [0.15, 0.2) is 0 Å². The Kier molecular flexibility index (Phi) is 4.82. The molecule has 0 radical (unpaired) electrons.